The smallest absolute Gasteiger partial charge is 0.123 e. The summed E-state index contributed by atoms with van der Waals surface area (Å²) in [4.78, 5) is 5.52. The van der Waals surface area contributed by atoms with Crippen LogP contribution in [0.15, 0.2) is 28.9 Å². The third-order valence-corrected chi connectivity index (χ3v) is 4.51. The van der Waals surface area contributed by atoms with Crippen molar-refractivity contribution in [1.29, 1.82) is 0 Å². The molecule has 1 heterocycles. The molecule has 2 aromatic rings. The van der Waals surface area contributed by atoms with Crippen LogP contribution >= 0.6 is 27.3 Å². The molecule has 0 radical (unpaired) electrons. The summed E-state index contributed by atoms with van der Waals surface area (Å²) >= 11 is 5.15. The second-order valence-electron chi connectivity index (χ2n) is 3.82. The van der Waals surface area contributed by atoms with Gasteiger partial charge in [0.1, 0.15) is 5.01 Å². The molecule has 2 nitrogen and oxygen atoms in total. The highest BCUT2D eigenvalue weighted by Gasteiger charge is 2.08. The lowest BCUT2D eigenvalue weighted by atomic mass is 10.1. The standard InChI is InChI=1S/C12H13BrN2S/c1-7-5-9(3-4-10(7)13)12-15-6-11(16-12)8(2)14/h3-6,8H,14H2,1-2H3. The summed E-state index contributed by atoms with van der Waals surface area (Å²) in [7, 11) is 0. The Morgan fingerprint density at radius 2 is 2.19 bits per heavy atom. The lowest BCUT2D eigenvalue weighted by Crippen LogP contribution is -2.01. The number of aryl methyl sites for hydroxylation is 1. The maximum atomic E-state index is 5.82. The van der Waals surface area contributed by atoms with Gasteiger partial charge in [-0.3, -0.25) is 0 Å². The quantitative estimate of drug-likeness (QED) is 0.913. The predicted molar refractivity (Wildman–Crippen MR) is 72.6 cm³/mol. The van der Waals surface area contributed by atoms with E-state index < -0.39 is 0 Å². The molecular weight excluding hydrogens is 284 g/mol. The van der Waals surface area contributed by atoms with Gasteiger partial charge < -0.3 is 5.73 Å². The first-order valence-corrected chi connectivity index (χ1v) is 6.66. The largest absolute Gasteiger partial charge is 0.323 e. The molecule has 0 aliphatic rings. The SMILES string of the molecule is Cc1cc(-c2ncc(C(C)N)s2)ccc1Br. The van der Waals surface area contributed by atoms with E-state index in [-0.39, 0.29) is 6.04 Å². The number of halogens is 1. The number of thiazole rings is 1. The van der Waals surface area contributed by atoms with E-state index in [0.29, 0.717) is 0 Å². The zero-order chi connectivity index (χ0) is 11.7. The molecule has 1 atom stereocenters. The highest BCUT2D eigenvalue weighted by Crippen LogP contribution is 2.30. The summed E-state index contributed by atoms with van der Waals surface area (Å²) in [5, 5.41) is 1.03. The number of hydrogen-bond donors (Lipinski definition) is 1. The van der Waals surface area contributed by atoms with Gasteiger partial charge >= 0.3 is 0 Å². The molecule has 1 aromatic carbocycles. The van der Waals surface area contributed by atoms with Crippen LogP contribution in [0.1, 0.15) is 23.4 Å². The van der Waals surface area contributed by atoms with Crippen LogP contribution in [0, 0.1) is 6.92 Å². The number of aromatic nitrogens is 1. The highest BCUT2D eigenvalue weighted by molar-refractivity contribution is 9.10. The van der Waals surface area contributed by atoms with Crippen LogP contribution in [0.2, 0.25) is 0 Å². The molecule has 1 aromatic heterocycles. The van der Waals surface area contributed by atoms with E-state index in [0.717, 1.165) is 19.9 Å². The number of rotatable bonds is 2. The van der Waals surface area contributed by atoms with Gasteiger partial charge in [-0.25, -0.2) is 4.98 Å². The Morgan fingerprint density at radius 1 is 1.44 bits per heavy atom. The van der Waals surface area contributed by atoms with Gasteiger partial charge in [0.25, 0.3) is 0 Å². The fourth-order valence-corrected chi connectivity index (χ4v) is 2.52. The molecule has 16 heavy (non-hydrogen) atoms. The maximum Gasteiger partial charge on any atom is 0.123 e. The number of benzene rings is 1. The van der Waals surface area contributed by atoms with Gasteiger partial charge in [-0.15, -0.1) is 11.3 Å². The molecule has 0 saturated carbocycles. The Morgan fingerprint density at radius 3 is 2.75 bits per heavy atom. The predicted octanol–water partition coefficient (Wildman–Crippen LogP) is 3.90. The van der Waals surface area contributed by atoms with Crippen LogP contribution in [0.25, 0.3) is 10.6 Å². The van der Waals surface area contributed by atoms with E-state index in [9.17, 15) is 0 Å². The lowest BCUT2D eigenvalue weighted by Gasteiger charge is -2.01. The minimum absolute atomic E-state index is 0.0581. The molecule has 2 rings (SSSR count). The van der Waals surface area contributed by atoms with E-state index in [1.807, 2.05) is 13.1 Å². The van der Waals surface area contributed by atoms with Crippen LogP contribution in [0.4, 0.5) is 0 Å². The van der Waals surface area contributed by atoms with E-state index in [4.69, 9.17) is 5.73 Å². The van der Waals surface area contributed by atoms with Crippen LogP contribution in [-0.2, 0) is 0 Å². The molecule has 0 amide bonds. The van der Waals surface area contributed by atoms with Crippen LogP contribution in [0.3, 0.4) is 0 Å². The van der Waals surface area contributed by atoms with E-state index in [1.54, 1.807) is 11.3 Å². The van der Waals surface area contributed by atoms with Crippen molar-refractivity contribution in [2.45, 2.75) is 19.9 Å². The summed E-state index contributed by atoms with van der Waals surface area (Å²) in [6, 6.07) is 6.31. The van der Waals surface area contributed by atoms with Crippen molar-refractivity contribution in [2.24, 2.45) is 5.73 Å². The average Bonchev–Trinajstić information content (AvgIpc) is 2.71. The van der Waals surface area contributed by atoms with Crippen LogP contribution < -0.4 is 5.73 Å². The topological polar surface area (TPSA) is 38.9 Å². The molecule has 0 saturated heterocycles. The molecule has 0 aliphatic carbocycles. The van der Waals surface area contributed by atoms with Crippen molar-refractivity contribution in [3.63, 3.8) is 0 Å². The van der Waals surface area contributed by atoms with Gasteiger partial charge in [0.05, 0.1) is 0 Å². The van der Waals surface area contributed by atoms with Crippen molar-refractivity contribution in [3.8, 4) is 10.6 Å². The molecule has 0 spiro atoms. The molecule has 0 fully saturated rings. The zero-order valence-electron chi connectivity index (χ0n) is 9.20. The summed E-state index contributed by atoms with van der Waals surface area (Å²) in [5.74, 6) is 0. The van der Waals surface area contributed by atoms with Crippen LogP contribution in [-0.4, -0.2) is 4.98 Å². The van der Waals surface area contributed by atoms with Gasteiger partial charge in [0.2, 0.25) is 0 Å². The Labute approximate surface area is 108 Å². The van der Waals surface area contributed by atoms with Crippen molar-refractivity contribution < 1.29 is 0 Å². The second-order valence-corrected chi connectivity index (χ2v) is 5.74. The van der Waals surface area contributed by atoms with Crippen molar-refractivity contribution >= 4 is 27.3 Å². The third-order valence-electron chi connectivity index (χ3n) is 2.38. The van der Waals surface area contributed by atoms with Gasteiger partial charge in [-0.05, 0) is 31.5 Å². The van der Waals surface area contributed by atoms with Gasteiger partial charge in [-0.1, -0.05) is 22.0 Å². The lowest BCUT2D eigenvalue weighted by molar-refractivity contribution is 0.835. The molecule has 2 N–H and O–H groups in total. The minimum atomic E-state index is 0.0581. The van der Waals surface area contributed by atoms with Crippen molar-refractivity contribution in [3.05, 3.63) is 39.3 Å². The summed E-state index contributed by atoms with van der Waals surface area (Å²) in [6.45, 7) is 4.05. The minimum Gasteiger partial charge on any atom is -0.323 e. The van der Waals surface area contributed by atoms with E-state index in [2.05, 4.69) is 46.0 Å². The first-order chi connectivity index (χ1) is 7.58. The van der Waals surface area contributed by atoms with Crippen LogP contribution in [0.5, 0.6) is 0 Å². The van der Waals surface area contributed by atoms with Gasteiger partial charge in [0, 0.05) is 27.2 Å². The van der Waals surface area contributed by atoms with Crippen molar-refractivity contribution in [1.82, 2.24) is 4.98 Å². The Bertz CT molecular complexity index is 505. The summed E-state index contributed by atoms with van der Waals surface area (Å²) < 4.78 is 1.13. The van der Waals surface area contributed by atoms with Gasteiger partial charge in [0.15, 0.2) is 0 Å². The number of nitrogens with zero attached hydrogens (tertiary/aromatic N) is 1. The highest BCUT2D eigenvalue weighted by atomic mass is 79.9. The van der Waals surface area contributed by atoms with Crippen molar-refractivity contribution in [2.75, 3.05) is 0 Å². The number of nitrogens with two attached hydrogens (primary N) is 1. The zero-order valence-corrected chi connectivity index (χ0v) is 11.6. The molecule has 0 bridgehead atoms. The molecule has 84 valence electrons. The third kappa shape index (κ3) is 2.34. The summed E-state index contributed by atoms with van der Waals surface area (Å²) in [6.07, 6.45) is 1.86. The van der Waals surface area contributed by atoms with E-state index >= 15 is 0 Å². The molecule has 1 unspecified atom stereocenters. The fraction of sp³-hybridized carbons (Fsp3) is 0.250. The van der Waals surface area contributed by atoms with Gasteiger partial charge in [-0.2, -0.15) is 0 Å². The molecule has 0 aliphatic heterocycles. The first-order valence-electron chi connectivity index (χ1n) is 5.06. The first kappa shape index (κ1) is 11.8. The molecular formula is C12H13BrN2S. The number of hydrogen-bond acceptors (Lipinski definition) is 3. The summed E-state index contributed by atoms with van der Waals surface area (Å²) in [5.41, 5.74) is 8.19. The average molecular weight is 297 g/mol. The Hall–Kier alpha value is -0.710. The fourth-order valence-electron chi connectivity index (χ4n) is 1.41. The maximum absolute atomic E-state index is 5.82. The molecule has 4 heteroatoms. The monoisotopic (exact) mass is 296 g/mol. The van der Waals surface area contributed by atoms with E-state index in [1.165, 1.54) is 5.56 Å². The Kier molecular flexibility index (Phi) is 3.42. The second kappa shape index (κ2) is 4.65. The normalized spacial score (nSPS) is 12.8. The Balaban J connectivity index is 2.39.